The third kappa shape index (κ3) is 3.09. The van der Waals surface area contributed by atoms with Crippen LogP contribution in [-0.2, 0) is 10.0 Å². The average molecular weight is 329 g/mol. The van der Waals surface area contributed by atoms with Crippen LogP contribution in [0.15, 0.2) is 52.9 Å². The Morgan fingerprint density at radius 1 is 1.22 bits per heavy atom. The maximum absolute atomic E-state index is 12.0. The monoisotopic (exact) mass is 329 g/mol. The fraction of sp³-hybridized carbons (Fsp3) is 0.125. The van der Waals surface area contributed by atoms with Gasteiger partial charge in [-0.1, -0.05) is 6.58 Å². The summed E-state index contributed by atoms with van der Waals surface area (Å²) in [7, 11) is -3.32. The number of allylic oxidation sites excluding steroid dienone is 1. The van der Waals surface area contributed by atoms with Crippen molar-refractivity contribution in [2.75, 3.05) is 11.0 Å². The Balaban J connectivity index is 2.07. The SMILES string of the molecule is C=C1CC=Nc2c1c(=O)ccn2-c1ccc(NS(C)(=O)=O)cc1. The fourth-order valence-electron chi connectivity index (χ4n) is 2.44. The first kappa shape index (κ1) is 15.2. The quantitative estimate of drug-likeness (QED) is 0.938. The normalized spacial score (nSPS) is 13.7. The van der Waals surface area contributed by atoms with Gasteiger partial charge in [0.2, 0.25) is 10.0 Å². The molecule has 0 saturated heterocycles. The summed E-state index contributed by atoms with van der Waals surface area (Å²) in [4.78, 5) is 16.4. The van der Waals surface area contributed by atoms with Crippen LogP contribution in [-0.4, -0.2) is 25.5 Å². The molecule has 0 saturated carbocycles. The Kier molecular flexibility index (Phi) is 3.65. The van der Waals surface area contributed by atoms with Gasteiger partial charge in [-0.2, -0.15) is 0 Å². The van der Waals surface area contributed by atoms with Crippen molar-refractivity contribution in [1.82, 2.24) is 4.57 Å². The Morgan fingerprint density at radius 2 is 1.91 bits per heavy atom. The molecular formula is C16H15N3O3S. The molecule has 1 aliphatic rings. The highest BCUT2D eigenvalue weighted by Gasteiger charge is 2.17. The van der Waals surface area contributed by atoms with Crippen LogP contribution in [0.1, 0.15) is 12.0 Å². The van der Waals surface area contributed by atoms with Crippen LogP contribution in [0.5, 0.6) is 0 Å². The van der Waals surface area contributed by atoms with E-state index in [0.717, 1.165) is 17.5 Å². The second-order valence-electron chi connectivity index (χ2n) is 5.29. The molecule has 2 heterocycles. The van der Waals surface area contributed by atoms with E-state index in [1.807, 2.05) is 0 Å². The van der Waals surface area contributed by atoms with Crippen molar-refractivity contribution in [1.29, 1.82) is 0 Å². The lowest BCUT2D eigenvalue weighted by atomic mass is 10.0. The Bertz CT molecular complexity index is 971. The molecule has 1 N–H and O–H groups in total. The van der Waals surface area contributed by atoms with Gasteiger partial charge < -0.3 is 4.57 Å². The molecule has 0 bridgehead atoms. The molecule has 23 heavy (non-hydrogen) atoms. The molecular weight excluding hydrogens is 314 g/mol. The molecule has 0 aliphatic carbocycles. The number of fused-ring (bicyclic) bond motifs is 1. The van der Waals surface area contributed by atoms with Gasteiger partial charge in [0.05, 0.1) is 11.8 Å². The lowest BCUT2D eigenvalue weighted by molar-refractivity contribution is 0.607. The smallest absolute Gasteiger partial charge is 0.229 e. The maximum Gasteiger partial charge on any atom is 0.229 e. The number of nitrogens with zero attached hydrogens (tertiary/aromatic N) is 2. The number of benzene rings is 1. The first-order valence-electron chi connectivity index (χ1n) is 6.90. The van der Waals surface area contributed by atoms with Gasteiger partial charge in [0.25, 0.3) is 0 Å². The van der Waals surface area contributed by atoms with Crippen molar-refractivity contribution in [3.05, 3.63) is 58.9 Å². The first-order valence-corrected chi connectivity index (χ1v) is 8.79. The Hall–Kier alpha value is -2.67. The topological polar surface area (TPSA) is 80.5 Å². The molecule has 3 rings (SSSR count). The summed E-state index contributed by atoms with van der Waals surface area (Å²) in [5.41, 5.74) is 2.40. The second kappa shape index (κ2) is 5.51. The molecule has 0 atom stereocenters. The minimum atomic E-state index is -3.32. The van der Waals surface area contributed by atoms with Gasteiger partial charge in [-0.3, -0.25) is 9.52 Å². The van der Waals surface area contributed by atoms with Gasteiger partial charge in [-0.25, -0.2) is 13.4 Å². The van der Waals surface area contributed by atoms with Crippen molar-refractivity contribution in [2.45, 2.75) is 6.42 Å². The van der Waals surface area contributed by atoms with Crippen LogP contribution in [0.25, 0.3) is 11.3 Å². The Morgan fingerprint density at radius 3 is 2.57 bits per heavy atom. The van der Waals surface area contributed by atoms with Crippen molar-refractivity contribution < 1.29 is 8.42 Å². The minimum absolute atomic E-state index is 0.103. The van der Waals surface area contributed by atoms with E-state index in [0.29, 0.717) is 23.5 Å². The number of aliphatic imine (C=N–C) groups is 1. The van der Waals surface area contributed by atoms with E-state index in [9.17, 15) is 13.2 Å². The highest BCUT2D eigenvalue weighted by atomic mass is 32.2. The fourth-order valence-corrected chi connectivity index (χ4v) is 3.01. The first-order chi connectivity index (χ1) is 10.8. The molecule has 0 unspecified atom stereocenters. The van der Waals surface area contributed by atoms with E-state index < -0.39 is 10.0 Å². The van der Waals surface area contributed by atoms with Crippen molar-refractivity contribution >= 4 is 33.3 Å². The molecule has 1 aromatic carbocycles. The largest absolute Gasteiger partial charge is 0.301 e. The number of hydrogen-bond donors (Lipinski definition) is 1. The zero-order valence-electron chi connectivity index (χ0n) is 12.5. The van der Waals surface area contributed by atoms with Crippen LogP contribution in [0.3, 0.4) is 0 Å². The van der Waals surface area contributed by atoms with Gasteiger partial charge in [-0.05, 0) is 29.8 Å². The predicted octanol–water partition coefficient (Wildman–Crippen LogP) is 2.33. The molecule has 7 heteroatoms. The van der Waals surface area contributed by atoms with Crippen molar-refractivity contribution in [3.8, 4) is 5.69 Å². The molecule has 0 spiro atoms. The molecule has 1 aromatic heterocycles. The van der Waals surface area contributed by atoms with Gasteiger partial charge in [0.15, 0.2) is 5.43 Å². The van der Waals surface area contributed by atoms with E-state index >= 15 is 0 Å². The number of pyridine rings is 1. The summed E-state index contributed by atoms with van der Waals surface area (Å²) in [5.74, 6) is 0.539. The van der Waals surface area contributed by atoms with E-state index in [1.165, 1.54) is 6.07 Å². The van der Waals surface area contributed by atoms with Gasteiger partial charge in [0.1, 0.15) is 5.82 Å². The molecule has 0 amide bonds. The van der Waals surface area contributed by atoms with Crippen LogP contribution >= 0.6 is 0 Å². The van der Waals surface area contributed by atoms with Gasteiger partial charge in [0, 0.05) is 36.3 Å². The number of anilines is 1. The predicted molar refractivity (Wildman–Crippen MR) is 92.3 cm³/mol. The lowest BCUT2D eigenvalue weighted by Gasteiger charge is -2.18. The number of rotatable bonds is 3. The third-order valence-electron chi connectivity index (χ3n) is 3.43. The van der Waals surface area contributed by atoms with Crippen molar-refractivity contribution in [2.24, 2.45) is 4.99 Å². The van der Waals surface area contributed by atoms with Crippen LogP contribution in [0.4, 0.5) is 11.5 Å². The summed E-state index contributed by atoms with van der Waals surface area (Å²) in [6, 6.07) is 8.30. The zero-order valence-corrected chi connectivity index (χ0v) is 13.3. The summed E-state index contributed by atoms with van der Waals surface area (Å²) < 4.78 is 26.7. The maximum atomic E-state index is 12.0. The number of aromatic nitrogens is 1. The zero-order chi connectivity index (χ0) is 16.6. The standard InChI is InChI=1S/C16H15N3O3S/c1-11-7-9-17-16-15(11)14(20)8-10-19(16)13-5-3-12(4-6-13)18-23(2,21)22/h3-6,8-10,18H,1,7H2,2H3. The summed E-state index contributed by atoms with van der Waals surface area (Å²) >= 11 is 0. The summed E-state index contributed by atoms with van der Waals surface area (Å²) in [6.45, 7) is 3.92. The molecule has 1 aliphatic heterocycles. The van der Waals surface area contributed by atoms with Crippen LogP contribution < -0.4 is 10.2 Å². The van der Waals surface area contributed by atoms with Gasteiger partial charge >= 0.3 is 0 Å². The minimum Gasteiger partial charge on any atom is -0.301 e. The molecule has 2 aromatic rings. The average Bonchev–Trinajstić information content (AvgIpc) is 2.47. The summed E-state index contributed by atoms with van der Waals surface area (Å²) in [5, 5.41) is 0. The number of hydrogen-bond acceptors (Lipinski definition) is 4. The van der Waals surface area contributed by atoms with E-state index in [4.69, 9.17) is 0 Å². The molecule has 0 radical (unpaired) electrons. The third-order valence-corrected chi connectivity index (χ3v) is 4.03. The molecule has 0 fully saturated rings. The number of nitrogens with one attached hydrogen (secondary N) is 1. The van der Waals surface area contributed by atoms with E-state index in [-0.39, 0.29) is 5.43 Å². The number of sulfonamides is 1. The van der Waals surface area contributed by atoms with Crippen LogP contribution in [0.2, 0.25) is 0 Å². The highest BCUT2D eigenvalue weighted by Crippen LogP contribution is 2.30. The van der Waals surface area contributed by atoms with E-state index in [2.05, 4.69) is 16.3 Å². The van der Waals surface area contributed by atoms with Crippen molar-refractivity contribution in [3.63, 3.8) is 0 Å². The highest BCUT2D eigenvalue weighted by molar-refractivity contribution is 7.92. The molecule has 118 valence electrons. The second-order valence-corrected chi connectivity index (χ2v) is 7.04. The Labute approximate surface area is 133 Å². The van der Waals surface area contributed by atoms with E-state index in [1.54, 1.807) is 41.2 Å². The summed E-state index contributed by atoms with van der Waals surface area (Å²) in [6.07, 6.45) is 5.03. The van der Waals surface area contributed by atoms with Crippen LogP contribution in [0, 0.1) is 0 Å². The van der Waals surface area contributed by atoms with Gasteiger partial charge in [-0.15, -0.1) is 0 Å². The molecule has 6 nitrogen and oxygen atoms in total. The lowest BCUT2D eigenvalue weighted by Crippen LogP contribution is -2.14.